The monoisotopic (exact) mass is 253 g/mol. The van der Waals surface area contributed by atoms with E-state index in [2.05, 4.69) is 5.32 Å². The SMILES string of the molecule is CCNC(=O)CSCC(C)(O)c1ccccc1. The fourth-order valence-electron chi connectivity index (χ4n) is 1.47. The molecule has 0 radical (unpaired) electrons. The summed E-state index contributed by atoms with van der Waals surface area (Å²) in [6, 6.07) is 9.51. The molecule has 0 bridgehead atoms. The molecule has 94 valence electrons. The van der Waals surface area contributed by atoms with Gasteiger partial charge < -0.3 is 10.4 Å². The van der Waals surface area contributed by atoms with Crippen LogP contribution in [0.5, 0.6) is 0 Å². The van der Waals surface area contributed by atoms with E-state index in [0.717, 1.165) is 5.56 Å². The predicted molar refractivity (Wildman–Crippen MR) is 72.0 cm³/mol. The standard InChI is InChI=1S/C13H19NO2S/c1-3-14-12(15)9-17-10-13(2,16)11-7-5-4-6-8-11/h4-8,16H,3,9-10H2,1-2H3,(H,14,15). The highest BCUT2D eigenvalue weighted by atomic mass is 32.2. The van der Waals surface area contributed by atoms with Crippen LogP contribution in [0, 0.1) is 0 Å². The Labute approximate surface area is 107 Å². The number of carbonyl (C=O) groups excluding carboxylic acids is 1. The Kier molecular flexibility index (Phi) is 5.51. The Morgan fingerprint density at radius 1 is 1.41 bits per heavy atom. The number of nitrogens with one attached hydrogen (secondary N) is 1. The third-order valence-corrected chi connectivity index (χ3v) is 3.62. The van der Waals surface area contributed by atoms with Gasteiger partial charge in [0.25, 0.3) is 0 Å². The van der Waals surface area contributed by atoms with E-state index in [9.17, 15) is 9.90 Å². The van der Waals surface area contributed by atoms with E-state index < -0.39 is 5.60 Å². The van der Waals surface area contributed by atoms with Gasteiger partial charge in [0.2, 0.25) is 5.91 Å². The molecule has 1 aromatic carbocycles. The van der Waals surface area contributed by atoms with Gasteiger partial charge in [0.15, 0.2) is 0 Å². The van der Waals surface area contributed by atoms with Crippen molar-refractivity contribution >= 4 is 17.7 Å². The Hall–Kier alpha value is -1.00. The van der Waals surface area contributed by atoms with Crippen molar-refractivity contribution in [1.29, 1.82) is 0 Å². The Morgan fingerprint density at radius 2 is 2.06 bits per heavy atom. The highest BCUT2D eigenvalue weighted by molar-refractivity contribution is 8.00. The molecule has 1 aromatic rings. The van der Waals surface area contributed by atoms with E-state index in [1.54, 1.807) is 6.92 Å². The number of benzene rings is 1. The molecule has 1 atom stereocenters. The van der Waals surface area contributed by atoms with Crippen molar-refractivity contribution in [2.24, 2.45) is 0 Å². The lowest BCUT2D eigenvalue weighted by Gasteiger charge is -2.23. The maximum atomic E-state index is 11.3. The van der Waals surface area contributed by atoms with Gasteiger partial charge in [-0.15, -0.1) is 11.8 Å². The summed E-state index contributed by atoms with van der Waals surface area (Å²) in [6.45, 7) is 4.31. The van der Waals surface area contributed by atoms with Crippen molar-refractivity contribution in [3.63, 3.8) is 0 Å². The Morgan fingerprint density at radius 3 is 2.65 bits per heavy atom. The van der Waals surface area contributed by atoms with Crippen LogP contribution in [-0.2, 0) is 10.4 Å². The first kappa shape index (κ1) is 14.1. The minimum Gasteiger partial charge on any atom is -0.385 e. The smallest absolute Gasteiger partial charge is 0.229 e. The lowest BCUT2D eigenvalue weighted by Crippen LogP contribution is -2.28. The minimum absolute atomic E-state index is 0.0151. The average Bonchev–Trinajstić information content (AvgIpc) is 2.30. The van der Waals surface area contributed by atoms with Crippen LogP contribution in [0.3, 0.4) is 0 Å². The fraction of sp³-hybridized carbons (Fsp3) is 0.462. The molecular weight excluding hydrogens is 234 g/mol. The zero-order chi connectivity index (χ0) is 12.7. The molecule has 1 unspecified atom stereocenters. The summed E-state index contributed by atoms with van der Waals surface area (Å²) in [5.41, 5.74) is -0.0123. The van der Waals surface area contributed by atoms with Crippen LogP contribution in [-0.4, -0.2) is 29.1 Å². The molecule has 0 aliphatic carbocycles. The summed E-state index contributed by atoms with van der Waals surface area (Å²) in [5, 5.41) is 13.0. The molecule has 1 rings (SSSR count). The molecule has 0 aromatic heterocycles. The molecule has 3 nitrogen and oxygen atoms in total. The first-order valence-corrected chi connectivity index (χ1v) is 6.84. The first-order valence-electron chi connectivity index (χ1n) is 5.68. The van der Waals surface area contributed by atoms with Crippen LogP contribution < -0.4 is 5.32 Å². The van der Waals surface area contributed by atoms with E-state index >= 15 is 0 Å². The topological polar surface area (TPSA) is 49.3 Å². The van der Waals surface area contributed by atoms with E-state index in [0.29, 0.717) is 18.1 Å². The minimum atomic E-state index is -0.890. The summed E-state index contributed by atoms with van der Waals surface area (Å²) in [7, 11) is 0. The summed E-state index contributed by atoms with van der Waals surface area (Å²) in [6.07, 6.45) is 0. The molecule has 0 aliphatic heterocycles. The Balaban J connectivity index is 2.43. The number of hydrogen-bond acceptors (Lipinski definition) is 3. The summed E-state index contributed by atoms with van der Waals surface area (Å²) in [4.78, 5) is 11.3. The second-order valence-corrected chi connectivity index (χ2v) is 5.07. The molecule has 0 aliphatic rings. The quantitative estimate of drug-likeness (QED) is 0.812. The number of carbonyl (C=O) groups is 1. The van der Waals surface area contributed by atoms with E-state index in [4.69, 9.17) is 0 Å². The molecule has 0 saturated heterocycles. The Bertz CT molecular complexity index is 352. The van der Waals surface area contributed by atoms with Gasteiger partial charge in [-0.1, -0.05) is 30.3 Å². The molecule has 1 amide bonds. The highest BCUT2D eigenvalue weighted by Gasteiger charge is 2.22. The van der Waals surface area contributed by atoms with Gasteiger partial charge in [0, 0.05) is 12.3 Å². The second kappa shape index (κ2) is 6.67. The molecule has 0 saturated carbocycles. The number of rotatable bonds is 6. The van der Waals surface area contributed by atoms with Crippen LogP contribution in [0.25, 0.3) is 0 Å². The number of amides is 1. The fourth-order valence-corrected chi connectivity index (χ4v) is 2.42. The summed E-state index contributed by atoms with van der Waals surface area (Å²) < 4.78 is 0. The van der Waals surface area contributed by atoms with Crippen molar-refractivity contribution in [1.82, 2.24) is 5.32 Å². The van der Waals surface area contributed by atoms with Crippen LogP contribution in [0.15, 0.2) is 30.3 Å². The second-order valence-electron chi connectivity index (χ2n) is 4.09. The van der Waals surface area contributed by atoms with Crippen molar-refractivity contribution < 1.29 is 9.90 Å². The highest BCUT2D eigenvalue weighted by Crippen LogP contribution is 2.24. The van der Waals surface area contributed by atoms with Gasteiger partial charge >= 0.3 is 0 Å². The molecule has 17 heavy (non-hydrogen) atoms. The van der Waals surface area contributed by atoms with Crippen molar-refractivity contribution in [2.45, 2.75) is 19.4 Å². The number of aliphatic hydroxyl groups is 1. The van der Waals surface area contributed by atoms with E-state index in [1.807, 2.05) is 37.3 Å². The van der Waals surface area contributed by atoms with Gasteiger partial charge in [-0.3, -0.25) is 4.79 Å². The molecule has 0 spiro atoms. The first-order chi connectivity index (χ1) is 8.06. The van der Waals surface area contributed by atoms with Crippen LogP contribution in [0.2, 0.25) is 0 Å². The maximum absolute atomic E-state index is 11.3. The van der Waals surface area contributed by atoms with Gasteiger partial charge in [0.05, 0.1) is 11.4 Å². The number of thioether (sulfide) groups is 1. The molecule has 2 N–H and O–H groups in total. The summed E-state index contributed by atoms with van der Waals surface area (Å²) in [5.74, 6) is 0.909. The average molecular weight is 253 g/mol. The summed E-state index contributed by atoms with van der Waals surface area (Å²) >= 11 is 1.44. The van der Waals surface area contributed by atoms with Gasteiger partial charge in [0.1, 0.15) is 0 Å². The van der Waals surface area contributed by atoms with Gasteiger partial charge in [-0.25, -0.2) is 0 Å². The van der Waals surface area contributed by atoms with E-state index in [1.165, 1.54) is 11.8 Å². The molecular formula is C13H19NO2S. The predicted octanol–water partition coefficient (Wildman–Crippen LogP) is 1.76. The molecule has 4 heteroatoms. The molecule has 0 heterocycles. The lowest BCUT2D eigenvalue weighted by molar-refractivity contribution is -0.118. The third kappa shape index (κ3) is 4.79. The van der Waals surface area contributed by atoms with Crippen LogP contribution in [0.4, 0.5) is 0 Å². The zero-order valence-electron chi connectivity index (χ0n) is 10.3. The zero-order valence-corrected chi connectivity index (χ0v) is 11.1. The van der Waals surface area contributed by atoms with Gasteiger partial charge in [-0.05, 0) is 19.4 Å². The van der Waals surface area contributed by atoms with Crippen molar-refractivity contribution in [3.05, 3.63) is 35.9 Å². The van der Waals surface area contributed by atoms with E-state index in [-0.39, 0.29) is 5.91 Å². The van der Waals surface area contributed by atoms with Crippen molar-refractivity contribution in [3.8, 4) is 0 Å². The molecule has 0 fully saturated rings. The van der Waals surface area contributed by atoms with Gasteiger partial charge in [-0.2, -0.15) is 0 Å². The lowest BCUT2D eigenvalue weighted by atomic mass is 9.99. The number of hydrogen-bond donors (Lipinski definition) is 2. The van der Waals surface area contributed by atoms with Crippen molar-refractivity contribution in [2.75, 3.05) is 18.1 Å². The largest absolute Gasteiger partial charge is 0.385 e. The third-order valence-electron chi connectivity index (χ3n) is 2.39. The maximum Gasteiger partial charge on any atom is 0.229 e. The normalized spacial score (nSPS) is 14.1. The van der Waals surface area contributed by atoms with Crippen LogP contribution in [0.1, 0.15) is 19.4 Å². The van der Waals surface area contributed by atoms with Crippen LogP contribution >= 0.6 is 11.8 Å².